The van der Waals surface area contributed by atoms with Gasteiger partial charge in [0.25, 0.3) is 5.91 Å². The van der Waals surface area contributed by atoms with Gasteiger partial charge >= 0.3 is 5.97 Å². The van der Waals surface area contributed by atoms with E-state index in [1.165, 1.54) is 7.11 Å². The Morgan fingerprint density at radius 1 is 0.731 bits per heavy atom. The van der Waals surface area contributed by atoms with Crippen molar-refractivity contribution in [3.63, 3.8) is 0 Å². The topological polar surface area (TPSA) is 67.4 Å². The third-order valence-corrected chi connectivity index (χ3v) is 3.80. The molecule has 0 aliphatic carbocycles. The molecule has 0 fully saturated rings. The molecule has 0 radical (unpaired) electrons. The Morgan fingerprint density at radius 3 is 1.96 bits per heavy atom. The first-order chi connectivity index (χ1) is 12.7. The van der Waals surface area contributed by atoms with E-state index >= 15 is 0 Å². The lowest BCUT2D eigenvalue weighted by atomic mass is 10.1. The SMILES string of the molecule is COC(=O)c1ccc(C(=O)Nc2ccccc2Nc2ccccc2)cc1. The lowest BCUT2D eigenvalue weighted by Gasteiger charge is -2.13. The average molecular weight is 346 g/mol. The normalized spacial score (nSPS) is 10.0. The molecule has 3 rings (SSSR count). The van der Waals surface area contributed by atoms with E-state index in [-0.39, 0.29) is 5.91 Å². The zero-order valence-corrected chi connectivity index (χ0v) is 14.2. The van der Waals surface area contributed by atoms with Gasteiger partial charge in [0, 0.05) is 11.3 Å². The molecule has 0 aliphatic rings. The van der Waals surface area contributed by atoms with E-state index in [1.54, 1.807) is 24.3 Å². The Hall–Kier alpha value is -3.60. The minimum absolute atomic E-state index is 0.260. The number of esters is 1. The highest BCUT2D eigenvalue weighted by Crippen LogP contribution is 2.25. The van der Waals surface area contributed by atoms with E-state index in [0.29, 0.717) is 16.8 Å². The van der Waals surface area contributed by atoms with Crippen LogP contribution in [0.25, 0.3) is 0 Å². The number of hydrogen-bond donors (Lipinski definition) is 2. The number of hydrogen-bond acceptors (Lipinski definition) is 4. The van der Waals surface area contributed by atoms with Crippen LogP contribution < -0.4 is 10.6 Å². The Bertz CT molecular complexity index is 906. The van der Waals surface area contributed by atoms with Crippen LogP contribution in [0.1, 0.15) is 20.7 Å². The van der Waals surface area contributed by atoms with Crippen molar-refractivity contribution in [2.24, 2.45) is 0 Å². The van der Waals surface area contributed by atoms with Crippen molar-refractivity contribution in [1.82, 2.24) is 0 Å². The lowest BCUT2D eigenvalue weighted by Crippen LogP contribution is -2.13. The Labute approximate surface area is 151 Å². The maximum atomic E-state index is 12.5. The number of nitrogens with one attached hydrogen (secondary N) is 2. The second-order valence-corrected chi connectivity index (χ2v) is 5.56. The van der Waals surface area contributed by atoms with Crippen LogP contribution in [0.5, 0.6) is 0 Å². The molecule has 0 saturated heterocycles. The molecule has 0 spiro atoms. The summed E-state index contributed by atoms with van der Waals surface area (Å²) in [6.07, 6.45) is 0. The van der Waals surface area contributed by atoms with Gasteiger partial charge in [-0.1, -0.05) is 30.3 Å². The summed E-state index contributed by atoms with van der Waals surface area (Å²) in [6.45, 7) is 0. The number of anilines is 3. The quantitative estimate of drug-likeness (QED) is 0.669. The van der Waals surface area contributed by atoms with Gasteiger partial charge in [-0.25, -0.2) is 4.79 Å². The molecular weight excluding hydrogens is 328 g/mol. The maximum absolute atomic E-state index is 12.5. The summed E-state index contributed by atoms with van der Waals surface area (Å²) in [4.78, 5) is 24.0. The minimum Gasteiger partial charge on any atom is -0.465 e. The van der Waals surface area contributed by atoms with Gasteiger partial charge in [-0.15, -0.1) is 0 Å². The van der Waals surface area contributed by atoms with Crippen LogP contribution in [0.2, 0.25) is 0 Å². The maximum Gasteiger partial charge on any atom is 0.337 e. The Kier molecular flexibility index (Phi) is 5.29. The average Bonchev–Trinajstić information content (AvgIpc) is 2.69. The third-order valence-electron chi connectivity index (χ3n) is 3.80. The van der Waals surface area contributed by atoms with Gasteiger partial charge in [0.05, 0.1) is 24.0 Å². The lowest BCUT2D eigenvalue weighted by molar-refractivity contribution is 0.0600. The van der Waals surface area contributed by atoms with Crippen LogP contribution in [0.3, 0.4) is 0 Å². The number of para-hydroxylation sites is 3. The first-order valence-electron chi connectivity index (χ1n) is 8.08. The second-order valence-electron chi connectivity index (χ2n) is 5.56. The number of carbonyl (C=O) groups excluding carboxylic acids is 2. The molecule has 1 amide bonds. The second kappa shape index (κ2) is 7.98. The molecule has 0 aliphatic heterocycles. The fourth-order valence-electron chi connectivity index (χ4n) is 2.45. The van der Waals surface area contributed by atoms with Crippen molar-refractivity contribution in [1.29, 1.82) is 0 Å². The van der Waals surface area contributed by atoms with Gasteiger partial charge in [-0.3, -0.25) is 4.79 Å². The molecule has 3 aromatic carbocycles. The summed E-state index contributed by atoms with van der Waals surface area (Å²) >= 11 is 0. The largest absolute Gasteiger partial charge is 0.465 e. The van der Waals surface area contributed by atoms with Crippen LogP contribution in [0.4, 0.5) is 17.1 Å². The zero-order valence-electron chi connectivity index (χ0n) is 14.2. The Morgan fingerprint density at radius 2 is 1.31 bits per heavy atom. The summed E-state index contributed by atoms with van der Waals surface area (Å²) in [5.41, 5.74) is 3.23. The minimum atomic E-state index is -0.436. The summed E-state index contributed by atoms with van der Waals surface area (Å²) < 4.78 is 4.66. The van der Waals surface area contributed by atoms with Crippen LogP contribution in [-0.2, 0) is 4.74 Å². The van der Waals surface area contributed by atoms with Crippen molar-refractivity contribution in [3.8, 4) is 0 Å². The molecular formula is C21H18N2O3. The molecule has 3 aromatic rings. The number of methoxy groups -OCH3 is 1. The molecule has 0 unspecified atom stereocenters. The number of ether oxygens (including phenoxy) is 1. The van der Waals surface area contributed by atoms with E-state index in [4.69, 9.17) is 0 Å². The van der Waals surface area contributed by atoms with Gasteiger partial charge in [-0.2, -0.15) is 0 Å². The van der Waals surface area contributed by atoms with E-state index in [2.05, 4.69) is 15.4 Å². The predicted molar refractivity (Wildman–Crippen MR) is 102 cm³/mol. The molecule has 26 heavy (non-hydrogen) atoms. The zero-order chi connectivity index (χ0) is 18.4. The van der Waals surface area contributed by atoms with Gasteiger partial charge < -0.3 is 15.4 Å². The van der Waals surface area contributed by atoms with E-state index in [1.807, 2.05) is 54.6 Å². The molecule has 5 nitrogen and oxygen atoms in total. The van der Waals surface area contributed by atoms with E-state index in [9.17, 15) is 9.59 Å². The summed E-state index contributed by atoms with van der Waals surface area (Å²) in [5.74, 6) is -0.696. The first-order valence-corrected chi connectivity index (χ1v) is 8.08. The number of carbonyl (C=O) groups is 2. The van der Waals surface area contributed by atoms with Crippen molar-refractivity contribution in [2.45, 2.75) is 0 Å². The molecule has 5 heteroatoms. The van der Waals surface area contributed by atoms with Crippen molar-refractivity contribution < 1.29 is 14.3 Å². The van der Waals surface area contributed by atoms with Crippen LogP contribution in [-0.4, -0.2) is 19.0 Å². The summed E-state index contributed by atoms with van der Waals surface area (Å²) in [7, 11) is 1.32. The Balaban J connectivity index is 1.76. The highest BCUT2D eigenvalue weighted by atomic mass is 16.5. The molecule has 0 heterocycles. The van der Waals surface area contributed by atoms with Crippen LogP contribution in [0, 0.1) is 0 Å². The number of amides is 1. The molecule has 2 N–H and O–H groups in total. The third kappa shape index (κ3) is 4.08. The number of benzene rings is 3. The molecule has 130 valence electrons. The van der Waals surface area contributed by atoms with Gasteiger partial charge in [0.15, 0.2) is 0 Å². The van der Waals surface area contributed by atoms with Gasteiger partial charge in [0.1, 0.15) is 0 Å². The van der Waals surface area contributed by atoms with Crippen molar-refractivity contribution >= 4 is 28.9 Å². The van der Waals surface area contributed by atoms with E-state index < -0.39 is 5.97 Å². The fourth-order valence-corrected chi connectivity index (χ4v) is 2.45. The summed E-state index contributed by atoms with van der Waals surface area (Å²) in [6, 6.07) is 23.5. The van der Waals surface area contributed by atoms with Crippen LogP contribution >= 0.6 is 0 Å². The van der Waals surface area contributed by atoms with Gasteiger partial charge in [-0.05, 0) is 48.5 Å². The molecule has 0 atom stereocenters. The van der Waals surface area contributed by atoms with Gasteiger partial charge in [0.2, 0.25) is 0 Å². The smallest absolute Gasteiger partial charge is 0.337 e. The van der Waals surface area contributed by atoms with Crippen LogP contribution in [0.15, 0.2) is 78.9 Å². The highest BCUT2D eigenvalue weighted by Gasteiger charge is 2.11. The highest BCUT2D eigenvalue weighted by molar-refractivity contribution is 6.06. The monoisotopic (exact) mass is 346 g/mol. The first kappa shape index (κ1) is 17.2. The predicted octanol–water partition coefficient (Wildman–Crippen LogP) is 4.47. The van der Waals surface area contributed by atoms with E-state index in [0.717, 1.165) is 11.4 Å². The standard InChI is InChI=1S/C21H18N2O3/c1-26-21(25)16-13-11-15(12-14-16)20(24)23-19-10-6-5-9-18(19)22-17-7-3-2-4-8-17/h2-14,22H,1H3,(H,23,24). The van der Waals surface area contributed by atoms with Crippen molar-refractivity contribution in [2.75, 3.05) is 17.7 Å². The number of rotatable bonds is 5. The molecule has 0 bridgehead atoms. The molecule has 0 aromatic heterocycles. The molecule has 0 saturated carbocycles. The fraction of sp³-hybridized carbons (Fsp3) is 0.0476. The summed E-state index contributed by atoms with van der Waals surface area (Å²) in [5, 5.41) is 6.18. The van der Waals surface area contributed by atoms with Crippen molar-refractivity contribution in [3.05, 3.63) is 90.0 Å².